The van der Waals surface area contributed by atoms with Gasteiger partial charge in [0.2, 0.25) is 5.91 Å². The van der Waals surface area contributed by atoms with E-state index in [-0.39, 0.29) is 22.9 Å². The lowest BCUT2D eigenvalue weighted by Gasteiger charge is -2.31. The number of ether oxygens (including phenoxy) is 3. The Hall–Kier alpha value is -4.65. The zero-order valence-electron chi connectivity index (χ0n) is 21.6. The highest BCUT2D eigenvalue weighted by Gasteiger charge is 2.36. The fraction of sp³-hybridized carbons (Fsp3) is 0.269. The lowest BCUT2D eigenvalue weighted by molar-refractivity contribution is -0.143. The maximum atomic E-state index is 14.0. The van der Waals surface area contributed by atoms with E-state index in [4.69, 9.17) is 25.7 Å². The van der Waals surface area contributed by atoms with Crippen molar-refractivity contribution in [1.82, 2.24) is 9.69 Å². The Balaban J connectivity index is 2.15. The molecule has 0 saturated heterocycles. The molecule has 0 bridgehead atoms. The van der Waals surface area contributed by atoms with Gasteiger partial charge < -0.3 is 31.0 Å². The predicted octanol–water partition coefficient (Wildman–Crippen LogP) is 2.30. The second-order valence-electron chi connectivity index (χ2n) is 7.94. The van der Waals surface area contributed by atoms with Gasteiger partial charge in [-0.3, -0.25) is 24.1 Å². The second kappa shape index (κ2) is 13.2. The number of methoxy groups -OCH3 is 1. The van der Waals surface area contributed by atoms with Gasteiger partial charge in [-0.2, -0.15) is 4.37 Å². The van der Waals surface area contributed by atoms with E-state index in [2.05, 4.69) is 9.69 Å². The summed E-state index contributed by atoms with van der Waals surface area (Å²) in [6.07, 6.45) is 0. The minimum absolute atomic E-state index is 0.0891. The van der Waals surface area contributed by atoms with Gasteiger partial charge in [0.25, 0.3) is 11.8 Å². The average molecular weight is 556 g/mol. The normalized spacial score (nSPS) is 11.3. The number of nitrogens with zero attached hydrogens (tertiary/aromatic N) is 2. The molecule has 0 aliphatic rings. The van der Waals surface area contributed by atoms with Crippen LogP contribution in [0.1, 0.15) is 45.6 Å². The van der Waals surface area contributed by atoms with Crippen molar-refractivity contribution in [2.45, 2.75) is 19.9 Å². The van der Waals surface area contributed by atoms with Gasteiger partial charge in [0.05, 0.1) is 26.0 Å². The monoisotopic (exact) mass is 555 g/mol. The molecule has 3 rings (SSSR count). The maximum absolute atomic E-state index is 14.0. The first-order valence-electron chi connectivity index (χ1n) is 11.9. The van der Waals surface area contributed by atoms with Crippen LogP contribution in [0.15, 0.2) is 48.5 Å². The Morgan fingerprint density at radius 1 is 1.00 bits per heavy atom. The first-order chi connectivity index (χ1) is 18.7. The molecule has 3 amide bonds. The van der Waals surface area contributed by atoms with Crippen LogP contribution in [0.4, 0.5) is 11.4 Å². The molecule has 13 heteroatoms. The Bertz CT molecular complexity index is 1330. The summed E-state index contributed by atoms with van der Waals surface area (Å²) in [4.78, 5) is 52.5. The summed E-state index contributed by atoms with van der Waals surface area (Å²) in [5, 5.41) is 2.54. The molecular formula is C26H29N5O7S. The number of primary amides is 1. The van der Waals surface area contributed by atoms with Gasteiger partial charge in [-0.1, -0.05) is 12.1 Å². The number of esters is 1. The summed E-state index contributed by atoms with van der Waals surface area (Å²) in [7, 11) is 1.49. The summed E-state index contributed by atoms with van der Waals surface area (Å²) < 4.78 is 19.6. The standard InChI is InChI=1S/C26H29N5O7S/c1-4-37-18-10-6-15(7-11-18)22(25(34)29-14-19(32)38-5-2)31(16-8-12-17(36-3)13-9-16)26(35)23-20(27)21(24(28)33)30-39-23/h6-13,22H,4-5,14,27H2,1-3H3,(H2,28,33)(H,29,34). The molecule has 3 aromatic rings. The van der Waals surface area contributed by atoms with Crippen LogP contribution in [-0.4, -0.2) is 54.9 Å². The van der Waals surface area contributed by atoms with E-state index >= 15 is 0 Å². The van der Waals surface area contributed by atoms with E-state index < -0.39 is 36.3 Å². The third-order valence-corrected chi connectivity index (χ3v) is 6.30. The number of nitrogen functional groups attached to an aromatic ring is 1. The summed E-state index contributed by atoms with van der Waals surface area (Å²) in [6.45, 7) is 3.64. The van der Waals surface area contributed by atoms with Crippen molar-refractivity contribution in [3.05, 3.63) is 64.7 Å². The van der Waals surface area contributed by atoms with E-state index in [0.29, 0.717) is 40.9 Å². The molecule has 1 aromatic heterocycles. The highest BCUT2D eigenvalue weighted by Crippen LogP contribution is 2.34. The van der Waals surface area contributed by atoms with Crippen molar-refractivity contribution < 1.29 is 33.4 Å². The highest BCUT2D eigenvalue weighted by atomic mass is 32.1. The molecule has 0 spiro atoms. The van der Waals surface area contributed by atoms with Crippen molar-refractivity contribution in [3.8, 4) is 11.5 Å². The number of amides is 3. The molecule has 5 N–H and O–H groups in total. The van der Waals surface area contributed by atoms with E-state index in [9.17, 15) is 19.2 Å². The fourth-order valence-electron chi connectivity index (χ4n) is 3.66. The number of carbonyl (C=O) groups is 4. The number of nitrogens with one attached hydrogen (secondary N) is 1. The minimum Gasteiger partial charge on any atom is -0.497 e. The van der Waals surface area contributed by atoms with Crippen LogP contribution in [-0.2, 0) is 14.3 Å². The summed E-state index contributed by atoms with van der Waals surface area (Å²) >= 11 is 0.684. The third kappa shape index (κ3) is 6.82. The number of nitrogens with two attached hydrogens (primary N) is 2. The quantitative estimate of drug-likeness (QED) is 0.283. The van der Waals surface area contributed by atoms with Crippen LogP contribution >= 0.6 is 11.5 Å². The first-order valence-corrected chi connectivity index (χ1v) is 12.7. The van der Waals surface area contributed by atoms with Gasteiger partial charge in [0, 0.05) is 5.69 Å². The largest absolute Gasteiger partial charge is 0.497 e. The molecule has 206 valence electrons. The average Bonchev–Trinajstić information content (AvgIpc) is 3.32. The SMILES string of the molecule is CCOC(=O)CNC(=O)C(c1ccc(OCC)cc1)N(C(=O)c1snc(C(N)=O)c1N)c1ccc(OC)cc1. The molecule has 0 aliphatic heterocycles. The van der Waals surface area contributed by atoms with Crippen molar-refractivity contribution in [3.63, 3.8) is 0 Å². The van der Waals surface area contributed by atoms with Gasteiger partial charge in [0.15, 0.2) is 5.69 Å². The van der Waals surface area contributed by atoms with E-state index in [1.807, 2.05) is 6.92 Å². The molecule has 39 heavy (non-hydrogen) atoms. The molecule has 0 radical (unpaired) electrons. The van der Waals surface area contributed by atoms with Crippen molar-refractivity contribution >= 4 is 46.6 Å². The predicted molar refractivity (Wildman–Crippen MR) is 145 cm³/mol. The van der Waals surface area contributed by atoms with Crippen LogP contribution in [0.25, 0.3) is 0 Å². The molecule has 12 nitrogen and oxygen atoms in total. The summed E-state index contributed by atoms with van der Waals surface area (Å²) in [5.41, 5.74) is 11.7. The summed E-state index contributed by atoms with van der Waals surface area (Å²) in [5.74, 6) is -1.84. The molecule has 1 atom stereocenters. The second-order valence-corrected chi connectivity index (χ2v) is 8.71. The minimum atomic E-state index is -1.28. The number of hydrogen-bond donors (Lipinski definition) is 3. The highest BCUT2D eigenvalue weighted by molar-refractivity contribution is 7.09. The van der Waals surface area contributed by atoms with E-state index in [0.717, 1.165) is 0 Å². The Morgan fingerprint density at radius 3 is 2.18 bits per heavy atom. The first kappa shape index (κ1) is 28.9. The topological polar surface area (TPSA) is 176 Å². The third-order valence-electron chi connectivity index (χ3n) is 5.45. The number of hydrogen-bond acceptors (Lipinski definition) is 10. The zero-order valence-corrected chi connectivity index (χ0v) is 22.4. The van der Waals surface area contributed by atoms with Crippen LogP contribution in [0.3, 0.4) is 0 Å². The molecular weight excluding hydrogens is 526 g/mol. The molecule has 0 fully saturated rings. The van der Waals surface area contributed by atoms with Gasteiger partial charge in [0.1, 0.15) is 29.0 Å². The van der Waals surface area contributed by atoms with Crippen molar-refractivity contribution in [2.75, 3.05) is 37.5 Å². The number of benzene rings is 2. The smallest absolute Gasteiger partial charge is 0.325 e. The van der Waals surface area contributed by atoms with Gasteiger partial charge in [-0.05, 0) is 67.3 Å². The molecule has 1 heterocycles. The van der Waals surface area contributed by atoms with Crippen molar-refractivity contribution in [2.24, 2.45) is 5.73 Å². The van der Waals surface area contributed by atoms with Crippen LogP contribution in [0, 0.1) is 0 Å². The van der Waals surface area contributed by atoms with Crippen LogP contribution in [0.5, 0.6) is 11.5 Å². The summed E-state index contributed by atoms with van der Waals surface area (Å²) in [6, 6.07) is 11.7. The lowest BCUT2D eigenvalue weighted by atomic mass is 10.0. The van der Waals surface area contributed by atoms with Crippen LogP contribution < -0.4 is 31.2 Å². The number of rotatable bonds is 12. The number of aromatic nitrogens is 1. The van der Waals surface area contributed by atoms with Crippen molar-refractivity contribution in [1.29, 1.82) is 0 Å². The zero-order chi connectivity index (χ0) is 28.5. The Labute approximate surface area is 229 Å². The lowest BCUT2D eigenvalue weighted by Crippen LogP contribution is -2.45. The van der Waals surface area contributed by atoms with Gasteiger partial charge in [-0.15, -0.1) is 0 Å². The van der Waals surface area contributed by atoms with Gasteiger partial charge in [-0.25, -0.2) is 0 Å². The maximum Gasteiger partial charge on any atom is 0.325 e. The molecule has 2 aromatic carbocycles. The fourth-order valence-corrected chi connectivity index (χ4v) is 4.41. The molecule has 1 unspecified atom stereocenters. The Morgan fingerprint density at radius 2 is 1.64 bits per heavy atom. The molecule has 0 aliphatic carbocycles. The van der Waals surface area contributed by atoms with E-state index in [1.165, 1.54) is 12.0 Å². The molecule has 0 saturated carbocycles. The van der Waals surface area contributed by atoms with Crippen LogP contribution in [0.2, 0.25) is 0 Å². The van der Waals surface area contributed by atoms with E-state index in [1.54, 1.807) is 55.5 Å². The van der Waals surface area contributed by atoms with Gasteiger partial charge >= 0.3 is 5.97 Å². The Kier molecular flexibility index (Phi) is 9.81. The number of anilines is 2. The number of carbonyl (C=O) groups excluding carboxylic acids is 4.